The Hall–Kier alpha value is -1.27. The van der Waals surface area contributed by atoms with Gasteiger partial charge in [0.05, 0.1) is 13.2 Å². The highest BCUT2D eigenvalue weighted by molar-refractivity contribution is 5.89. The topological polar surface area (TPSA) is 96.2 Å². The third-order valence-corrected chi connectivity index (χ3v) is 2.11. The van der Waals surface area contributed by atoms with E-state index >= 15 is 0 Å². The van der Waals surface area contributed by atoms with Crippen LogP contribution in [0, 0.1) is 5.41 Å². The lowest BCUT2D eigenvalue weighted by Crippen LogP contribution is -2.31. The molecule has 0 spiro atoms. The molecule has 0 aliphatic carbocycles. The Morgan fingerprint density at radius 3 is 2.53 bits per heavy atom. The van der Waals surface area contributed by atoms with Gasteiger partial charge in [-0.25, -0.2) is 4.79 Å². The van der Waals surface area contributed by atoms with Crippen LogP contribution in [0.5, 0.6) is 0 Å². The first kappa shape index (κ1) is 13.8. The van der Waals surface area contributed by atoms with Crippen molar-refractivity contribution in [2.24, 2.45) is 5.41 Å². The largest absolute Gasteiger partial charge is 0.505 e. The van der Waals surface area contributed by atoms with E-state index in [0.29, 0.717) is 0 Å². The third kappa shape index (κ3) is 3.34. The van der Waals surface area contributed by atoms with Crippen LogP contribution in [-0.4, -0.2) is 46.7 Å². The number of cyclic esters (lactones) is 1. The van der Waals surface area contributed by atoms with Crippen molar-refractivity contribution in [2.75, 3.05) is 13.2 Å². The van der Waals surface area contributed by atoms with Gasteiger partial charge in [0, 0.05) is 0 Å². The fraction of sp³-hybridized carbons (Fsp3) is 0.727. The monoisotopic (exact) mass is 246 g/mol. The van der Waals surface area contributed by atoms with Crippen molar-refractivity contribution in [3.63, 3.8) is 0 Å². The molecule has 0 fully saturated rings. The molecule has 1 heterocycles. The van der Waals surface area contributed by atoms with E-state index in [1.54, 1.807) is 0 Å². The first-order valence-corrected chi connectivity index (χ1v) is 5.32. The van der Waals surface area contributed by atoms with E-state index in [1.165, 1.54) is 0 Å². The molecule has 1 aliphatic heterocycles. The summed E-state index contributed by atoms with van der Waals surface area (Å²) in [4.78, 5) is 11.4. The van der Waals surface area contributed by atoms with Gasteiger partial charge >= 0.3 is 5.97 Å². The lowest BCUT2D eigenvalue weighted by molar-refractivity contribution is -0.148. The standard InChI is InChI=1S/C11H18O6/c1-11(2,3)5-16-9-7(14)8(6(13)4-12)17-10(9)15/h6,8,12-14H,4-5H2,1-3H3. The van der Waals surface area contributed by atoms with Crippen LogP contribution < -0.4 is 0 Å². The van der Waals surface area contributed by atoms with E-state index in [2.05, 4.69) is 0 Å². The molecule has 0 bridgehead atoms. The number of hydrogen-bond acceptors (Lipinski definition) is 6. The normalized spacial score (nSPS) is 22.6. The van der Waals surface area contributed by atoms with E-state index in [-0.39, 0.29) is 17.8 Å². The number of hydrogen-bond donors (Lipinski definition) is 3. The molecule has 98 valence electrons. The molecule has 0 saturated heterocycles. The summed E-state index contributed by atoms with van der Waals surface area (Å²) in [6.07, 6.45) is -2.60. The van der Waals surface area contributed by atoms with Gasteiger partial charge in [-0.2, -0.15) is 0 Å². The summed E-state index contributed by atoms with van der Waals surface area (Å²) in [5.74, 6) is -1.59. The summed E-state index contributed by atoms with van der Waals surface area (Å²) in [6.45, 7) is 5.33. The predicted molar refractivity (Wildman–Crippen MR) is 58.0 cm³/mol. The zero-order valence-electron chi connectivity index (χ0n) is 10.1. The maximum atomic E-state index is 11.4. The number of carbonyl (C=O) groups is 1. The lowest BCUT2D eigenvalue weighted by atomic mass is 9.99. The van der Waals surface area contributed by atoms with Crippen molar-refractivity contribution in [2.45, 2.75) is 33.0 Å². The molecule has 0 aromatic heterocycles. The number of aliphatic hydroxyl groups is 3. The summed E-state index contributed by atoms with van der Waals surface area (Å²) in [7, 11) is 0. The minimum Gasteiger partial charge on any atom is -0.505 e. The average Bonchev–Trinajstić information content (AvgIpc) is 2.49. The van der Waals surface area contributed by atoms with Gasteiger partial charge in [-0.1, -0.05) is 20.8 Å². The van der Waals surface area contributed by atoms with Crippen LogP contribution in [0.4, 0.5) is 0 Å². The predicted octanol–water partition coefficient (Wildman–Crippen LogP) is 0.0973. The molecular formula is C11H18O6. The quantitative estimate of drug-likeness (QED) is 0.609. The molecule has 0 aromatic rings. The van der Waals surface area contributed by atoms with Gasteiger partial charge < -0.3 is 24.8 Å². The molecule has 1 rings (SSSR count). The minimum atomic E-state index is -1.35. The average molecular weight is 246 g/mol. The lowest BCUT2D eigenvalue weighted by Gasteiger charge is -2.18. The van der Waals surface area contributed by atoms with Gasteiger partial charge in [0.2, 0.25) is 5.76 Å². The number of esters is 1. The zero-order valence-corrected chi connectivity index (χ0v) is 10.1. The number of rotatable bonds is 4. The van der Waals surface area contributed by atoms with Crippen molar-refractivity contribution in [3.8, 4) is 0 Å². The Morgan fingerprint density at radius 2 is 2.06 bits per heavy atom. The fourth-order valence-electron chi connectivity index (χ4n) is 1.24. The number of aliphatic hydroxyl groups excluding tert-OH is 3. The summed E-state index contributed by atoms with van der Waals surface area (Å²) in [5, 5.41) is 27.7. The zero-order chi connectivity index (χ0) is 13.2. The highest BCUT2D eigenvalue weighted by atomic mass is 16.6. The Bertz CT molecular complexity index is 327. The summed E-state index contributed by atoms with van der Waals surface area (Å²) in [5.41, 5.74) is -0.179. The third-order valence-electron chi connectivity index (χ3n) is 2.11. The van der Waals surface area contributed by atoms with Gasteiger partial charge in [-0.3, -0.25) is 0 Å². The van der Waals surface area contributed by atoms with Gasteiger partial charge in [0.25, 0.3) is 0 Å². The second-order valence-corrected chi connectivity index (χ2v) is 5.14. The van der Waals surface area contributed by atoms with E-state index < -0.39 is 30.5 Å². The number of ether oxygens (including phenoxy) is 2. The van der Waals surface area contributed by atoms with Gasteiger partial charge in [0.1, 0.15) is 6.10 Å². The fourth-order valence-corrected chi connectivity index (χ4v) is 1.24. The van der Waals surface area contributed by atoms with Gasteiger partial charge in [0.15, 0.2) is 11.9 Å². The molecule has 2 atom stereocenters. The molecule has 3 N–H and O–H groups in total. The van der Waals surface area contributed by atoms with E-state index in [9.17, 15) is 15.0 Å². The molecule has 0 radical (unpaired) electrons. The Morgan fingerprint density at radius 1 is 1.47 bits per heavy atom. The minimum absolute atomic E-state index is 0.179. The SMILES string of the molecule is CC(C)(C)COC1=C(O)C(C(O)CO)OC1=O. The number of carbonyl (C=O) groups excluding carboxylic acids is 1. The molecule has 0 saturated carbocycles. The van der Waals surface area contributed by atoms with Crippen molar-refractivity contribution in [1.82, 2.24) is 0 Å². The molecule has 17 heavy (non-hydrogen) atoms. The molecule has 1 aliphatic rings. The maximum Gasteiger partial charge on any atom is 0.378 e. The van der Waals surface area contributed by atoms with Crippen LogP contribution in [0.3, 0.4) is 0 Å². The Labute approximate surface area is 99.5 Å². The van der Waals surface area contributed by atoms with Crippen molar-refractivity contribution in [3.05, 3.63) is 11.5 Å². The van der Waals surface area contributed by atoms with Crippen molar-refractivity contribution in [1.29, 1.82) is 0 Å². The van der Waals surface area contributed by atoms with E-state index in [1.807, 2.05) is 20.8 Å². The molecule has 6 heteroatoms. The van der Waals surface area contributed by atoms with Crippen LogP contribution >= 0.6 is 0 Å². The van der Waals surface area contributed by atoms with Crippen LogP contribution in [0.15, 0.2) is 11.5 Å². The summed E-state index contributed by atoms with van der Waals surface area (Å²) >= 11 is 0. The molecule has 2 unspecified atom stereocenters. The Balaban J connectivity index is 2.75. The van der Waals surface area contributed by atoms with Gasteiger partial charge in [-0.15, -0.1) is 0 Å². The van der Waals surface area contributed by atoms with Crippen LogP contribution in [0.1, 0.15) is 20.8 Å². The van der Waals surface area contributed by atoms with Crippen LogP contribution in [-0.2, 0) is 14.3 Å². The van der Waals surface area contributed by atoms with Crippen molar-refractivity contribution >= 4 is 5.97 Å². The summed E-state index contributed by atoms with van der Waals surface area (Å²) in [6, 6.07) is 0. The van der Waals surface area contributed by atoms with Crippen LogP contribution in [0.2, 0.25) is 0 Å². The highest BCUT2D eigenvalue weighted by Gasteiger charge is 2.40. The first-order chi connectivity index (χ1) is 7.76. The highest BCUT2D eigenvalue weighted by Crippen LogP contribution is 2.26. The summed E-state index contributed by atoms with van der Waals surface area (Å²) < 4.78 is 9.89. The molecule has 0 aromatic carbocycles. The molecular weight excluding hydrogens is 228 g/mol. The van der Waals surface area contributed by atoms with E-state index in [4.69, 9.17) is 14.6 Å². The Kier molecular flexibility index (Phi) is 4.00. The second kappa shape index (κ2) is 4.93. The van der Waals surface area contributed by atoms with E-state index in [0.717, 1.165) is 0 Å². The smallest absolute Gasteiger partial charge is 0.378 e. The van der Waals surface area contributed by atoms with Gasteiger partial charge in [-0.05, 0) is 5.41 Å². The van der Waals surface area contributed by atoms with Crippen molar-refractivity contribution < 1.29 is 29.6 Å². The second-order valence-electron chi connectivity index (χ2n) is 5.14. The first-order valence-electron chi connectivity index (χ1n) is 5.32. The molecule has 0 amide bonds. The maximum absolute atomic E-state index is 11.4. The molecule has 6 nitrogen and oxygen atoms in total. The van der Waals surface area contributed by atoms with Crippen LogP contribution in [0.25, 0.3) is 0 Å².